The second kappa shape index (κ2) is 9.88. The molecule has 0 fully saturated rings. The van der Waals surface area contributed by atoms with E-state index in [4.69, 9.17) is 5.73 Å². The molecular formula is C13H27N3O2. The Morgan fingerprint density at radius 1 is 1.17 bits per heavy atom. The van der Waals surface area contributed by atoms with Crippen molar-refractivity contribution in [1.29, 1.82) is 0 Å². The third-order valence-corrected chi connectivity index (χ3v) is 2.63. The summed E-state index contributed by atoms with van der Waals surface area (Å²) in [5.74, 6) is 0.485. The van der Waals surface area contributed by atoms with Crippen LogP contribution in [0.3, 0.4) is 0 Å². The SMILES string of the molecule is CCCNC(=O)CNC(=O)C[C@@H](CN)CC(C)C. The van der Waals surface area contributed by atoms with E-state index in [9.17, 15) is 9.59 Å². The van der Waals surface area contributed by atoms with E-state index >= 15 is 0 Å². The minimum atomic E-state index is -0.140. The van der Waals surface area contributed by atoms with Crippen molar-refractivity contribution in [2.24, 2.45) is 17.6 Å². The zero-order valence-corrected chi connectivity index (χ0v) is 11.8. The molecule has 5 nitrogen and oxygen atoms in total. The fourth-order valence-electron chi connectivity index (χ4n) is 1.77. The van der Waals surface area contributed by atoms with E-state index < -0.39 is 0 Å². The summed E-state index contributed by atoms with van der Waals surface area (Å²) in [6.45, 7) is 7.41. The molecule has 0 aromatic rings. The van der Waals surface area contributed by atoms with E-state index in [0.717, 1.165) is 12.8 Å². The van der Waals surface area contributed by atoms with Crippen LogP contribution in [-0.2, 0) is 9.59 Å². The number of rotatable bonds is 9. The fraction of sp³-hybridized carbons (Fsp3) is 0.846. The molecule has 0 saturated carbocycles. The van der Waals surface area contributed by atoms with Crippen LogP contribution in [0, 0.1) is 11.8 Å². The number of hydrogen-bond donors (Lipinski definition) is 3. The van der Waals surface area contributed by atoms with E-state index in [1.807, 2.05) is 6.92 Å². The van der Waals surface area contributed by atoms with Gasteiger partial charge in [0, 0.05) is 13.0 Å². The van der Waals surface area contributed by atoms with Crippen molar-refractivity contribution in [2.45, 2.75) is 40.0 Å². The van der Waals surface area contributed by atoms with Crippen molar-refractivity contribution in [3.05, 3.63) is 0 Å². The van der Waals surface area contributed by atoms with Crippen LogP contribution in [-0.4, -0.2) is 31.4 Å². The van der Waals surface area contributed by atoms with Crippen molar-refractivity contribution in [3.8, 4) is 0 Å². The predicted molar refractivity (Wildman–Crippen MR) is 72.9 cm³/mol. The Morgan fingerprint density at radius 2 is 1.83 bits per heavy atom. The molecule has 106 valence electrons. The van der Waals surface area contributed by atoms with Crippen molar-refractivity contribution in [2.75, 3.05) is 19.6 Å². The normalized spacial score (nSPS) is 12.3. The number of carbonyl (C=O) groups excluding carboxylic acids is 2. The predicted octanol–water partition coefficient (Wildman–Crippen LogP) is 0.640. The first-order chi connectivity index (χ1) is 8.49. The van der Waals surface area contributed by atoms with E-state index in [1.54, 1.807) is 0 Å². The molecule has 4 N–H and O–H groups in total. The van der Waals surface area contributed by atoms with Crippen molar-refractivity contribution >= 4 is 11.8 Å². The smallest absolute Gasteiger partial charge is 0.239 e. The largest absolute Gasteiger partial charge is 0.355 e. The summed E-state index contributed by atoms with van der Waals surface area (Å²) in [4.78, 5) is 22.9. The maximum absolute atomic E-state index is 11.6. The van der Waals surface area contributed by atoms with Crippen molar-refractivity contribution < 1.29 is 9.59 Å². The Morgan fingerprint density at radius 3 is 2.33 bits per heavy atom. The van der Waals surface area contributed by atoms with Crippen LogP contribution in [0.15, 0.2) is 0 Å². The molecule has 18 heavy (non-hydrogen) atoms. The zero-order chi connectivity index (χ0) is 14.0. The van der Waals surface area contributed by atoms with Gasteiger partial charge in [-0.1, -0.05) is 20.8 Å². The Kier molecular flexibility index (Phi) is 9.28. The van der Waals surface area contributed by atoms with Gasteiger partial charge in [0.25, 0.3) is 0 Å². The van der Waals surface area contributed by atoms with Crippen LogP contribution in [0.2, 0.25) is 0 Å². The molecule has 0 aliphatic rings. The first kappa shape index (κ1) is 16.9. The summed E-state index contributed by atoms with van der Waals surface area (Å²) in [5, 5.41) is 5.33. The summed E-state index contributed by atoms with van der Waals surface area (Å²) in [5.41, 5.74) is 5.63. The number of hydrogen-bond acceptors (Lipinski definition) is 3. The highest BCUT2D eigenvalue weighted by Gasteiger charge is 2.14. The van der Waals surface area contributed by atoms with Gasteiger partial charge in [0.05, 0.1) is 6.54 Å². The number of nitrogens with two attached hydrogens (primary N) is 1. The van der Waals surface area contributed by atoms with Crippen LogP contribution in [0.5, 0.6) is 0 Å². The topological polar surface area (TPSA) is 84.2 Å². The summed E-state index contributed by atoms with van der Waals surface area (Å²) in [7, 11) is 0. The molecule has 2 amide bonds. The summed E-state index contributed by atoms with van der Waals surface area (Å²) >= 11 is 0. The molecular weight excluding hydrogens is 230 g/mol. The van der Waals surface area contributed by atoms with Gasteiger partial charge in [-0.25, -0.2) is 0 Å². The number of carbonyl (C=O) groups is 2. The Hall–Kier alpha value is -1.10. The molecule has 0 spiro atoms. The molecule has 0 aromatic carbocycles. The third kappa shape index (κ3) is 8.98. The van der Waals surface area contributed by atoms with Gasteiger partial charge in [-0.2, -0.15) is 0 Å². The van der Waals surface area contributed by atoms with E-state index in [1.165, 1.54) is 0 Å². The zero-order valence-electron chi connectivity index (χ0n) is 11.8. The van der Waals surface area contributed by atoms with Crippen LogP contribution in [0.1, 0.15) is 40.0 Å². The molecule has 5 heteroatoms. The van der Waals surface area contributed by atoms with Crippen LogP contribution >= 0.6 is 0 Å². The standard InChI is InChI=1S/C13H27N3O2/c1-4-5-15-13(18)9-16-12(17)7-11(8-14)6-10(2)3/h10-11H,4-9,14H2,1-3H3,(H,15,18)(H,16,17)/t11-/m0/s1. The van der Waals surface area contributed by atoms with Gasteiger partial charge in [-0.3, -0.25) is 9.59 Å². The van der Waals surface area contributed by atoms with E-state index in [0.29, 0.717) is 25.4 Å². The molecule has 0 unspecified atom stereocenters. The van der Waals surface area contributed by atoms with Gasteiger partial charge in [-0.05, 0) is 31.2 Å². The monoisotopic (exact) mass is 257 g/mol. The number of amides is 2. The lowest BCUT2D eigenvalue weighted by Gasteiger charge is -2.16. The minimum Gasteiger partial charge on any atom is -0.355 e. The molecule has 0 aromatic heterocycles. The molecule has 0 radical (unpaired) electrons. The highest BCUT2D eigenvalue weighted by molar-refractivity contribution is 5.84. The quantitative estimate of drug-likeness (QED) is 0.567. The molecule has 0 bridgehead atoms. The lowest BCUT2D eigenvalue weighted by atomic mass is 9.94. The minimum absolute atomic E-state index is 0.0534. The molecule has 0 aliphatic heterocycles. The van der Waals surface area contributed by atoms with Gasteiger partial charge in [0.2, 0.25) is 11.8 Å². The number of nitrogens with one attached hydrogen (secondary N) is 2. The first-order valence-corrected chi connectivity index (χ1v) is 6.73. The van der Waals surface area contributed by atoms with Crippen molar-refractivity contribution in [1.82, 2.24) is 10.6 Å². The highest BCUT2D eigenvalue weighted by atomic mass is 16.2. The average molecular weight is 257 g/mol. The van der Waals surface area contributed by atoms with Crippen LogP contribution in [0.25, 0.3) is 0 Å². The lowest BCUT2D eigenvalue weighted by Crippen LogP contribution is -2.38. The Labute approximate surface area is 110 Å². The summed E-state index contributed by atoms with van der Waals surface area (Å²) in [6.07, 6.45) is 2.23. The first-order valence-electron chi connectivity index (χ1n) is 6.73. The van der Waals surface area contributed by atoms with Crippen molar-refractivity contribution in [3.63, 3.8) is 0 Å². The second-order valence-corrected chi connectivity index (χ2v) is 5.06. The molecule has 0 heterocycles. The maximum Gasteiger partial charge on any atom is 0.239 e. The van der Waals surface area contributed by atoms with Crippen LogP contribution < -0.4 is 16.4 Å². The van der Waals surface area contributed by atoms with Crippen LogP contribution in [0.4, 0.5) is 0 Å². The highest BCUT2D eigenvalue weighted by Crippen LogP contribution is 2.13. The molecule has 0 aliphatic carbocycles. The van der Waals surface area contributed by atoms with Gasteiger partial charge in [0.15, 0.2) is 0 Å². The molecule has 0 saturated heterocycles. The maximum atomic E-state index is 11.6. The fourth-order valence-corrected chi connectivity index (χ4v) is 1.77. The summed E-state index contributed by atoms with van der Waals surface area (Å²) in [6, 6.07) is 0. The van der Waals surface area contributed by atoms with Gasteiger partial charge >= 0.3 is 0 Å². The van der Waals surface area contributed by atoms with E-state index in [-0.39, 0.29) is 24.3 Å². The Balaban J connectivity index is 3.84. The third-order valence-electron chi connectivity index (χ3n) is 2.63. The molecule has 1 atom stereocenters. The van der Waals surface area contributed by atoms with Gasteiger partial charge in [0.1, 0.15) is 0 Å². The lowest BCUT2D eigenvalue weighted by molar-refractivity contribution is -0.126. The van der Waals surface area contributed by atoms with Gasteiger partial charge < -0.3 is 16.4 Å². The average Bonchev–Trinajstić information content (AvgIpc) is 2.32. The van der Waals surface area contributed by atoms with Gasteiger partial charge in [-0.15, -0.1) is 0 Å². The molecule has 0 rings (SSSR count). The Bertz CT molecular complexity index is 255. The second-order valence-electron chi connectivity index (χ2n) is 5.06. The summed E-state index contributed by atoms with van der Waals surface area (Å²) < 4.78 is 0. The van der Waals surface area contributed by atoms with E-state index in [2.05, 4.69) is 24.5 Å².